The fourth-order valence-electron chi connectivity index (χ4n) is 3.27. The average Bonchev–Trinajstić information content (AvgIpc) is 2.72. The molecule has 0 aliphatic heterocycles. The highest BCUT2D eigenvalue weighted by molar-refractivity contribution is 4.92. The van der Waals surface area contributed by atoms with Gasteiger partial charge < -0.3 is 14.9 Å². The van der Waals surface area contributed by atoms with E-state index in [2.05, 4.69) is 43.1 Å². The molecule has 0 aromatic carbocycles. The van der Waals surface area contributed by atoms with E-state index in [9.17, 15) is 5.11 Å². The maximum Gasteiger partial charge on any atom is 0.0991 e. The molecular weight excluding hydrogens is 362 g/mol. The first-order chi connectivity index (χ1) is 14.2. The summed E-state index contributed by atoms with van der Waals surface area (Å²) >= 11 is 0. The first-order valence-electron chi connectivity index (χ1n) is 12.1. The summed E-state index contributed by atoms with van der Waals surface area (Å²) in [5, 5.41) is 18.5. The van der Waals surface area contributed by atoms with Crippen molar-refractivity contribution in [2.45, 2.75) is 103 Å². The second kappa shape index (κ2) is 23.6. The normalized spacial score (nSPS) is 13.3. The maximum absolute atomic E-state index is 9.55. The van der Waals surface area contributed by atoms with Crippen molar-refractivity contribution in [1.82, 2.24) is 4.90 Å². The minimum atomic E-state index is -0.674. The Hall–Kier alpha value is -0.680. The van der Waals surface area contributed by atoms with Crippen LogP contribution in [0.1, 0.15) is 97.3 Å². The van der Waals surface area contributed by atoms with Gasteiger partial charge in [-0.15, -0.1) is 0 Å². The second-order valence-corrected chi connectivity index (χ2v) is 8.04. The van der Waals surface area contributed by atoms with Gasteiger partial charge in [-0.05, 0) is 44.9 Å². The van der Waals surface area contributed by atoms with E-state index < -0.39 is 6.10 Å². The average molecular weight is 412 g/mol. The zero-order valence-electron chi connectivity index (χ0n) is 19.4. The van der Waals surface area contributed by atoms with E-state index in [0.717, 1.165) is 32.4 Å². The predicted molar refractivity (Wildman–Crippen MR) is 125 cm³/mol. The number of aliphatic hydroxyl groups is 2. The highest BCUT2D eigenvalue weighted by atomic mass is 16.5. The van der Waals surface area contributed by atoms with Crippen LogP contribution in [-0.2, 0) is 4.74 Å². The summed E-state index contributed by atoms with van der Waals surface area (Å²) in [7, 11) is 0. The third kappa shape index (κ3) is 21.8. The Balaban J connectivity index is 3.39. The summed E-state index contributed by atoms with van der Waals surface area (Å²) in [5.74, 6) is 0. The second-order valence-electron chi connectivity index (χ2n) is 8.04. The van der Waals surface area contributed by atoms with Gasteiger partial charge in [0.1, 0.15) is 0 Å². The van der Waals surface area contributed by atoms with Gasteiger partial charge in [0.05, 0.1) is 19.4 Å². The Bertz CT molecular complexity index is 371. The lowest BCUT2D eigenvalue weighted by atomic mass is 10.1. The van der Waals surface area contributed by atoms with Crippen LogP contribution in [0.3, 0.4) is 0 Å². The molecule has 0 heterocycles. The molecule has 0 aromatic heterocycles. The van der Waals surface area contributed by atoms with Crippen LogP contribution in [0, 0.1) is 0 Å². The van der Waals surface area contributed by atoms with E-state index in [4.69, 9.17) is 9.84 Å². The summed E-state index contributed by atoms with van der Waals surface area (Å²) in [6, 6.07) is 0. The van der Waals surface area contributed by atoms with Gasteiger partial charge in [0.2, 0.25) is 0 Å². The van der Waals surface area contributed by atoms with Gasteiger partial charge >= 0.3 is 0 Å². The van der Waals surface area contributed by atoms with E-state index in [-0.39, 0.29) is 6.61 Å². The van der Waals surface area contributed by atoms with Crippen LogP contribution >= 0.6 is 0 Å². The van der Waals surface area contributed by atoms with Gasteiger partial charge in [-0.25, -0.2) is 0 Å². The van der Waals surface area contributed by atoms with E-state index in [0.29, 0.717) is 13.3 Å². The lowest BCUT2D eigenvalue weighted by Crippen LogP contribution is -2.36. The zero-order valence-corrected chi connectivity index (χ0v) is 19.4. The summed E-state index contributed by atoms with van der Waals surface area (Å²) in [5.41, 5.74) is 0. The van der Waals surface area contributed by atoms with Gasteiger partial charge in [-0.2, -0.15) is 0 Å². The Morgan fingerprint density at radius 3 is 2.03 bits per heavy atom. The van der Waals surface area contributed by atoms with Crippen LogP contribution in [0.4, 0.5) is 0 Å². The van der Waals surface area contributed by atoms with Crippen LogP contribution < -0.4 is 0 Å². The zero-order chi connectivity index (χ0) is 21.4. The van der Waals surface area contributed by atoms with Crippen molar-refractivity contribution < 1.29 is 14.9 Å². The number of aliphatic hydroxyl groups excluding tert-OH is 2. The van der Waals surface area contributed by atoms with Gasteiger partial charge in [0.15, 0.2) is 0 Å². The van der Waals surface area contributed by atoms with Gasteiger partial charge in [-0.1, -0.05) is 76.7 Å². The molecule has 0 amide bonds. The quantitative estimate of drug-likeness (QED) is 0.133. The summed E-state index contributed by atoms with van der Waals surface area (Å²) < 4.78 is 5.73. The van der Waals surface area contributed by atoms with Gasteiger partial charge in [0.25, 0.3) is 0 Å². The van der Waals surface area contributed by atoms with Crippen molar-refractivity contribution in [3.63, 3.8) is 0 Å². The molecule has 4 heteroatoms. The van der Waals surface area contributed by atoms with Crippen LogP contribution in [0.25, 0.3) is 0 Å². The maximum atomic E-state index is 9.55. The molecule has 0 saturated carbocycles. The van der Waals surface area contributed by atoms with Crippen molar-refractivity contribution >= 4 is 0 Å². The molecule has 29 heavy (non-hydrogen) atoms. The third-order valence-corrected chi connectivity index (χ3v) is 4.98. The molecule has 0 aliphatic carbocycles. The minimum absolute atomic E-state index is 0.188. The van der Waals surface area contributed by atoms with Crippen LogP contribution in [0.5, 0.6) is 0 Å². The number of hydrogen-bond acceptors (Lipinski definition) is 4. The number of ether oxygens (including phenoxy) is 1. The Kier molecular flexibility index (Phi) is 23.0. The number of unbranched alkanes of at least 4 members (excludes halogenated alkanes) is 9. The molecule has 0 aromatic rings. The molecule has 0 aliphatic rings. The molecule has 0 bridgehead atoms. The number of nitrogens with zero attached hydrogens (tertiary/aromatic N) is 1. The van der Waals surface area contributed by atoms with E-state index >= 15 is 0 Å². The van der Waals surface area contributed by atoms with Crippen molar-refractivity contribution in [2.24, 2.45) is 0 Å². The predicted octanol–water partition coefficient (Wildman–Crippen LogP) is 5.84. The molecule has 1 unspecified atom stereocenters. The fraction of sp³-hybridized carbons (Fsp3) is 0.840. The summed E-state index contributed by atoms with van der Waals surface area (Å²) in [4.78, 5) is 2.07. The molecule has 0 fully saturated rings. The smallest absolute Gasteiger partial charge is 0.0991 e. The van der Waals surface area contributed by atoms with Crippen LogP contribution in [0.15, 0.2) is 24.3 Å². The van der Waals surface area contributed by atoms with Crippen molar-refractivity contribution in [3.8, 4) is 0 Å². The van der Waals surface area contributed by atoms with Crippen molar-refractivity contribution in [3.05, 3.63) is 24.3 Å². The van der Waals surface area contributed by atoms with E-state index in [1.54, 1.807) is 0 Å². The van der Waals surface area contributed by atoms with Crippen LogP contribution in [0.2, 0.25) is 0 Å². The van der Waals surface area contributed by atoms with Crippen LogP contribution in [-0.4, -0.2) is 54.3 Å². The topological polar surface area (TPSA) is 52.9 Å². The first kappa shape index (κ1) is 28.3. The van der Waals surface area contributed by atoms with E-state index in [1.807, 2.05) is 0 Å². The number of rotatable bonds is 22. The summed E-state index contributed by atoms with van der Waals surface area (Å²) in [6.07, 6.45) is 24.7. The molecule has 0 saturated heterocycles. The number of hydrogen-bond donors (Lipinski definition) is 2. The molecule has 0 radical (unpaired) electrons. The van der Waals surface area contributed by atoms with Crippen molar-refractivity contribution in [1.29, 1.82) is 0 Å². The Morgan fingerprint density at radius 2 is 1.41 bits per heavy atom. The molecule has 1 atom stereocenters. The van der Waals surface area contributed by atoms with Gasteiger partial charge in [0, 0.05) is 19.7 Å². The largest absolute Gasteiger partial charge is 0.394 e. The molecule has 172 valence electrons. The Labute approximate surface area is 181 Å². The van der Waals surface area contributed by atoms with Crippen molar-refractivity contribution in [2.75, 3.05) is 33.0 Å². The SMILES string of the molecule is CCCCC/C=C\C/C=C\CCCCCCCCOCN(CCC)CC(O)CO. The lowest BCUT2D eigenvalue weighted by molar-refractivity contribution is -0.00960. The lowest BCUT2D eigenvalue weighted by Gasteiger charge is -2.23. The monoisotopic (exact) mass is 411 g/mol. The minimum Gasteiger partial charge on any atom is -0.394 e. The highest BCUT2D eigenvalue weighted by Crippen LogP contribution is 2.08. The highest BCUT2D eigenvalue weighted by Gasteiger charge is 2.09. The summed E-state index contributed by atoms with van der Waals surface area (Å²) in [6.45, 7) is 6.87. The molecule has 0 rings (SSSR count). The fourth-order valence-corrected chi connectivity index (χ4v) is 3.27. The molecule has 4 nitrogen and oxygen atoms in total. The number of allylic oxidation sites excluding steroid dienone is 4. The molecular formula is C25H49NO3. The Morgan fingerprint density at radius 1 is 0.793 bits per heavy atom. The van der Waals surface area contributed by atoms with E-state index in [1.165, 1.54) is 64.2 Å². The molecule has 2 N–H and O–H groups in total. The third-order valence-electron chi connectivity index (χ3n) is 4.98. The van der Waals surface area contributed by atoms with Gasteiger partial charge in [-0.3, -0.25) is 4.90 Å². The molecule has 0 spiro atoms. The first-order valence-corrected chi connectivity index (χ1v) is 12.1. The standard InChI is InChI=1S/C25H49NO3/c1-3-5-6-7-8-9-10-11-12-13-14-15-16-17-18-19-21-29-24-26(20-4-2)22-25(28)23-27/h8-9,11-12,25,27-28H,3-7,10,13-24H2,1-2H3/b9-8-,12-11-.